The second-order valence-corrected chi connectivity index (χ2v) is 6.16. The summed E-state index contributed by atoms with van der Waals surface area (Å²) < 4.78 is 5.40. The number of hydrogen-bond donors (Lipinski definition) is 1. The van der Waals surface area contributed by atoms with Crippen LogP contribution < -0.4 is 5.32 Å². The zero-order valence-corrected chi connectivity index (χ0v) is 13.5. The summed E-state index contributed by atoms with van der Waals surface area (Å²) in [5.74, 6) is -0.0942. The van der Waals surface area contributed by atoms with Crippen LogP contribution in [-0.4, -0.2) is 17.9 Å². The first kappa shape index (κ1) is 16.2. The number of rotatable bonds is 7. The van der Waals surface area contributed by atoms with Gasteiger partial charge in [0.2, 0.25) is 0 Å². The average molecular weight is 323 g/mol. The van der Waals surface area contributed by atoms with Gasteiger partial charge in [0, 0.05) is 5.56 Å². The van der Waals surface area contributed by atoms with Crippen LogP contribution in [0.2, 0.25) is 0 Å². The molecule has 0 aromatic heterocycles. The van der Waals surface area contributed by atoms with Crippen molar-refractivity contribution in [3.63, 3.8) is 0 Å². The van der Waals surface area contributed by atoms with Gasteiger partial charge in [-0.05, 0) is 30.0 Å². The van der Waals surface area contributed by atoms with Crippen molar-refractivity contribution in [1.82, 2.24) is 5.32 Å². The van der Waals surface area contributed by atoms with E-state index >= 15 is 0 Å². The standard InChI is InChI=1S/C20H21NO3/c22-19(17-9-5-2-6-10-17)21-18(13-15-11-12-15)20(23)24-14-16-7-3-1-4-8-16/h1-10,15,18H,11-14H2,(H,21,22)/t18-/m0/s1. The zero-order valence-electron chi connectivity index (χ0n) is 13.5. The maximum Gasteiger partial charge on any atom is 0.328 e. The lowest BCUT2D eigenvalue weighted by Gasteiger charge is -2.17. The minimum atomic E-state index is -0.589. The molecule has 0 heterocycles. The van der Waals surface area contributed by atoms with Crippen LogP contribution in [0.4, 0.5) is 0 Å². The Balaban J connectivity index is 1.60. The summed E-state index contributed by atoms with van der Waals surface area (Å²) in [5, 5.41) is 2.83. The zero-order chi connectivity index (χ0) is 16.8. The van der Waals surface area contributed by atoms with E-state index in [9.17, 15) is 9.59 Å². The first-order valence-corrected chi connectivity index (χ1v) is 8.29. The number of carbonyl (C=O) groups is 2. The lowest BCUT2D eigenvalue weighted by Crippen LogP contribution is -2.42. The monoisotopic (exact) mass is 323 g/mol. The second kappa shape index (κ2) is 7.77. The highest BCUT2D eigenvalue weighted by atomic mass is 16.5. The van der Waals surface area contributed by atoms with Crippen molar-refractivity contribution in [2.45, 2.75) is 31.9 Å². The Morgan fingerprint density at radius 3 is 2.25 bits per heavy atom. The van der Waals surface area contributed by atoms with E-state index in [1.807, 2.05) is 36.4 Å². The van der Waals surface area contributed by atoms with E-state index in [-0.39, 0.29) is 18.5 Å². The van der Waals surface area contributed by atoms with Crippen LogP contribution in [0.1, 0.15) is 35.2 Å². The molecule has 0 aliphatic heterocycles. The molecule has 4 heteroatoms. The molecule has 4 nitrogen and oxygen atoms in total. The van der Waals surface area contributed by atoms with Crippen LogP contribution in [-0.2, 0) is 16.1 Å². The van der Waals surface area contributed by atoms with Gasteiger partial charge in [-0.25, -0.2) is 4.79 Å². The predicted octanol–water partition coefficient (Wildman–Crippen LogP) is 3.33. The van der Waals surface area contributed by atoms with E-state index in [4.69, 9.17) is 4.74 Å². The smallest absolute Gasteiger partial charge is 0.328 e. The summed E-state index contributed by atoms with van der Waals surface area (Å²) in [6, 6.07) is 17.9. The van der Waals surface area contributed by atoms with Crippen LogP contribution in [0.25, 0.3) is 0 Å². The maximum atomic E-state index is 12.4. The summed E-state index contributed by atoms with van der Waals surface area (Å²) in [6.07, 6.45) is 2.87. The van der Waals surface area contributed by atoms with E-state index in [0.717, 1.165) is 18.4 Å². The van der Waals surface area contributed by atoms with Gasteiger partial charge in [0.05, 0.1) is 0 Å². The quantitative estimate of drug-likeness (QED) is 0.795. The summed E-state index contributed by atoms with van der Waals surface area (Å²) in [5.41, 5.74) is 1.49. The lowest BCUT2D eigenvalue weighted by atomic mass is 10.1. The van der Waals surface area contributed by atoms with Crippen LogP contribution in [0.3, 0.4) is 0 Å². The highest BCUT2D eigenvalue weighted by molar-refractivity contribution is 5.96. The third-order valence-electron chi connectivity index (χ3n) is 4.12. The highest BCUT2D eigenvalue weighted by Crippen LogP contribution is 2.33. The van der Waals surface area contributed by atoms with Crippen molar-refractivity contribution in [2.24, 2.45) is 5.92 Å². The Morgan fingerprint density at radius 2 is 1.62 bits per heavy atom. The minimum Gasteiger partial charge on any atom is -0.459 e. The number of nitrogens with one attached hydrogen (secondary N) is 1. The fraction of sp³-hybridized carbons (Fsp3) is 0.300. The minimum absolute atomic E-state index is 0.224. The van der Waals surface area contributed by atoms with E-state index in [0.29, 0.717) is 17.9 Å². The number of hydrogen-bond acceptors (Lipinski definition) is 3. The molecule has 124 valence electrons. The molecule has 1 aliphatic rings. The van der Waals surface area contributed by atoms with Crippen molar-refractivity contribution in [3.8, 4) is 0 Å². The molecule has 1 amide bonds. The fourth-order valence-corrected chi connectivity index (χ4v) is 2.56. The molecule has 3 rings (SSSR count). The van der Waals surface area contributed by atoms with E-state index in [1.165, 1.54) is 0 Å². The SMILES string of the molecule is O=C(N[C@@H](CC1CC1)C(=O)OCc1ccccc1)c1ccccc1. The Hall–Kier alpha value is -2.62. The summed E-state index contributed by atoms with van der Waals surface area (Å²) >= 11 is 0. The average Bonchev–Trinajstić information content (AvgIpc) is 3.45. The Bertz CT molecular complexity index is 681. The summed E-state index contributed by atoms with van der Waals surface area (Å²) in [4.78, 5) is 24.7. The molecular weight excluding hydrogens is 302 g/mol. The van der Waals surface area contributed by atoms with Gasteiger partial charge >= 0.3 is 5.97 Å². The Labute approximate surface area is 141 Å². The van der Waals surface area contributed by atoms with Crippen LogP contribution in [0.5, 0.6) is 0 Å². The van der Waals surface area contributed by atoms with E-state index < -0.39 is 6.04 Å². The Morgan fingerprint density at radius 1 is 1.00 bits per heavy atom. The van der Waals surface area contributed by atoms with Gasteiger partial charge in [-0.1, -0.05) is 61.4 Å². The van der Waals surface area contributed by atoms with Crippen LogP contribution in [0, 0.1) is 5.92 Å². The van der Waals surface area contributed by atoms with E-state index in [2.05, 4.69) is 5.32 Å². The molecule has 0 saturated heterocycles. The molecule has 1 saturated carbocycles. The van der Waals surface area contributed by atoms with Crippen molar-refractivity contribution in [3.05, 3.63) is 71.8 Å². The molecule has 24 heavy (non-hydrogen) atoms. The summed E-state index contributed by atoms with van der Waals surface area (Å²) in [6.45, 7) is 0.224. The van der Waals surface area contributed by atoms with Crippen molar-refractivity contribution in [2.75, 3.05) is 0 Å². The first-order valence-electron chi connectivity index (χ1n) is 8.29. The normalized spacial score (nSPS) is 14.7. The largest absolute Gasteiger partial charge is 0.459 e. The first-order chi connectivity index (χ1) is 11.7. The highest BCUT2D eigenvalue weighted by Gasteiger charge is 2.31. The maximum absolute atomic E-state index is 12.4. The van der Waals surface area contributed by atoms with Gasteiger partial charge in [0.1, 0.15) is 12.6 Å². The molecule has 0 unspecified atom stereocenters. The van der Waals surface area contributed by atoms with Crippen LogP contribution >= 0.6 is 0 Å². The molecule has 1 atom stereocenters. The van der Waals surface area contributed by atoms with Gasteiger partial charge in [0.15, 0.2) is 0 Å². The van der Waals surface area contributed by atoms with Gasteiger partial charge in [0.25, 0.3) is 5.91 Å². The fourth-order valence-electron chi connectivity index (χ4n) is 2.56. The number of amides is 1. The van der Waals surface area contributed by atoms with Gasteiger partial charge in [-0.15, -0.1) is 0 Å². The number of benzene rings is 2. The second-order valence-electron chi connectivity index (χ2n) is 6.16. The van der Waals surface area contributed by atoms with Crippen molar-refractivity contribution in [1.29, 1.82) is 0 Å². The van der Waals surface area contributed by atoms with Gasteiger partial charge in [-0.3, -0.25) is 4.79 Å². The molecule has 0 bridgehead atoms. The predicted molar refractivity (Wildman–Crippen MR) is 91.3 cm³/mol. The third-order valence-corrected chi connectivity index (χ3v) is 4.12. The van der Waals surface area contributed by atoms with Crippen LogP contribution in [0.15, 0.2) is 60.7 Å². The van der Waals surface area contributed by atoms with Crippen molar-refractivity contribution >= 4 is 11.9 Å². The topological polar surface area (TPSA) is 55.4 Å². The summed E-state index contributed by atoms with van der Waals surface area (Å²) in [7, 11) is 0. The number of esters is 1. The van der Waals surface area contributed by atoms with Gasteiger partial charge in [-0.2, -0.15) is 0 Å². The number of carbonyl (C=O) groups excluding carboxylic acids is 2. The molecule has 2 aromatic rings. The molecule has 1 N–H and O–H groups in total. The molecular formula is C20H21NO3. The van der Waals surface area contributed by atoms with E-state index in [1.54, 1.807) is 24.3 Å². The molecule has 0 radical (unpaired) electrons. The molecule has 1 aliphatic carbocycles. The number of ether oxygens (including phenoxy) is 1. The third kappa shape index (κ3) is 4.69. The lowest BCUT2D eigenvalue weighted by molar-refractivity contribution is -0.147. The Kier molecular flexibility index (Phi) is 5.26. The molecule has 2 aromatic carbocycles. The molecule has 0 spiro atoms. The molecule has 1 fully saturated rings. The van der Waals surface area contributed by atoms with Crippen molar-refractivity contribution < 1.29 is 14.3 Å². The van der Waals surface area contributed by atoms with Gasteiger partial charge < -0.3 is 10.1 Å².